The lowest BCUT2D eigenvalue weighted by atomic mass is 10.0. The Hall–Kier alpha value is -1.59. The molecule has 1 unspecified atom stereocenters. The standard InChI is InChI=1S/C14H19F3N2O/c1-9(2)5-11-7-20-13-6-10(18)3-4-12(13)19(11)8-14(15,16)17/h3-4,6,9,11H,5,7-8,18H2,1-2H3. The molecule has 0 spiro atoms. The zero-order valence-electron chi connectivity index (χ0n) is 11.6. The van der Waals surface area contributed by atoms with Crippen LogP contribution in [0.25, 0.3) is 0 Å². The molecule has 6 heteroatoms. The Morgan fingerprint density at radius 3 is 2.70 bits per heavy atom. The minimum absolute atomic E-state index is 0.255. The van der Waals surface area contributed by atoms with Gasteiger partial charge in [-0.25, -0.2) is 0 Å². The van der Waals surface area contributed by atoms with Gasteiger partial charge in [-0.1, -0.05) is 13.8 Å². The molecule has 20 heavy (non-hydrogen) atoms. The predicted molar refractivity (Wildman–Crippen MR) is 73.0 cm³/mol. The number of hydrogen-bond donors (Lipinski definition) is 1. The summed E-state index contributed by atoms with van der Waals surface area (Å²) in [4.78, 5) is 1.39. The fourth-order valence-corrected chi connectivity index (χ4v) is 2.50. The van der Waals surface area contributed by atoms with Crippen LogP contribution in [0.1, 0.15) is 20.3 Å². The Bertz CT molecular complexity index is 474. The lowest BCUT2D eigenvalue weighted by Crippen LogP contribution is -2.48. The summed E-state index contributed by atoms with van der Waals surface area (Å²) >= 11 is 0. The molecule has 0 aliphatic carbocycles. The van der Waals surface area contributed by atoms with E-state index in [0.717, 1.165) is 0 Å². The van der Waals surface area contributed by atoms with Crippen molar-refractivity contribution in [3.63, 3.8) is 0 Å². The molecule has 1 aromatic carbocycles. The third-order valence-electron chi connectivity index (χ3n) is 3.26. The number of alkyl halides is 3. The number of nitrogen functional groups attached to an aromatic ring is 1. The van der Waals surface area contributed by atoms with Crippen LogP contribution < -0.4 is 15.4 Å². The second-order valence-corrected chi connectivity index (χ2v) is 5.56. The van der Waals surface area contributed by atoms with E-state index in [9.17, 15) is 13.2 Å². The highest BCUT2D eigenvalue weighted by Crippen LogP contribution is 2.38. The molecule has 0 saturated heterocycles. The number of benzene rings is 1. The number of nitrogens with zero attached hydrogens (tertiary/aromatic N) is 1. The van der Waals surface area contributed by atoms with Crippen molar-refractivity contribution >= 4 is 11.4 Å². The third-order valence-corrected chi connectivity index (χ3v) is 3.26. The summed E-state index contributed by atoms with van der Waals surface area (Å²) in [5, 5.41) is 0. The molecule has 1 aromatic rings. The van der Waals surface area contributed by atoms with Crippen molar-refractivity contribution in [3.05, 3.63) is 18.2 Å². The molecule has 2 rings (SSSR count). The molecular weight excluding hydrogens is 269 g/mol. The molecule has 2 N–H and O–H groups in total. The number of fused-ring (bicyclic) bond motifs is 1. The van der Waals surface area contributed by atoms with E-state index in [1.54, 1.807) is 18.2 Å². The smallest absolute Gasteiger partial charge is 0.405 e. The average Bonchev–Trinajstić information content (AvgIpc) is 2.30. The highest BCUT2D eigenvalue weighted by Gasteiger charge is 2.37. The molecule has 0 fully saturated rings. The summed E-state index contributed by atoms with van der Waals surface area (Å²) in [6.07, 6.45) is -3.59. The Balaban J connectivity index is 2.32. The number of hydrogen-bond acceptors (Lipinski definition) is 3. The summed E-state index contributed by atoms with van der Waals surface area (Å²) in [6.45, 7) is 3.27. The first-order valence-corrected chi connectivity index (χ1v) is 6.62. The third kappa shape index (κ3) is 3.49. The first kappa shape index (κ1) is 14.8. The van der Waals surface area contributed by atoms with Crippen LogP contribution in [0.3, 0.4) is 0 Å². The number of ether oxygens (including phenoxy) is 1. The summed E-state index contributed by atoms with van der Waals surface area (Å²) < 4.78 is 44.0. The van der Waals surface area contributed by atoms with E-state index in [4.69, 9.17) is 10.5 Å². The molecule has 1 aliphatic heterocycles. The van der Waals surface area contributed by atoms with Gasteiger partial charge >= 0.3 is 6.18 Å². The Morgan fingerprint density at radius 1 is 1.40 bits per heavy atom. The maximum Gasteiger partial charge on any atom is 0.405 e. The SMILES string of the molecule is CC(C)CC1COc2cc(N)ccc2N1CC(F)(F)F. The van der Waals surface area contributed by atoms with Gasteiger partial charge in [0.25, 0.3) is 0 Å². The topological polar surface area (TPSA) is 38.5 Å². The van der Waals surface area contributed by atoms with E-state index in [1.165, 1.54) is 4.90 Å². The van der Waals surface area contributed by atoms with Crippen molar-refractivity contribution < 1.29 is 17.9 Å². The molecule has 0 bridgehead atoms. The zero-order valence-corrected chi connectivity index (χ0v) is 11.6. The predicted octanol–water partition coefficient (Wildman–Crippen LogP) is 3.44. The minimum Gasteiger partial charge on any atom is -0.489 e. The molecule has 3 nitrogen and oxygen atoms in total. The van der Waals surface area contributed by atoms with Crippen LogP contribution in [0.15, 0.2) is 18.2 Å². The van der Waals surface area contributed by atoms with Gasteiger partial charge in [0.15, 0.2) is 0 Å². The van der Waals surface area contributed by atoms with Crippen molar-refractivity contribution in [2.75, 3.05) is 23.8 Å². The van der Waals surface area contributed by atoms with Gasteiger partial charge in [0, 0.05) is 11.8 Å². The first-order valence-electron chi connectivity index (χ1n) is 6.62. The molecule has 0 amide bonds. The van der Waals surface area contributed by atoms with Crippen LogP contribution in [0.4, 0.5) is 24.5 Å². The number of rotatable bonds is 3. The van der Waals surface area contributed by atoms with Crippen LogP contribution in [0, 0.1) is 5.92 Å². The van der Waals surface area contributed by atoms with E-state index in [1.807, 2.05) is 13.8 Å². The van der Waals surface area contributed by atoms with Crippen molar-refractivity contribution in [2.45, 2.75) is 32.5 Å². The first-order chi connectivity index (χ1) is 9.26. The van der Waals surface area contributed by atoms with Gasteiger partial charge < -0.3 is 15.4 Å². The zero-order chi connectivity index (χ0) is 14.9. The second kappa shape index (κ2) is 5.42. The highest BCUT2D eigenvalue weighted by atomic mass is 19.4. The van der Waals surface area contributed by atoms with E-state index >= 15 is 0 Å². The van der Waals surface area contributed by atoms with Gasteiger partial charge in [-0.15, -0.1) is 0 Å². The number of anilines is 2. The van der Waals surface area contributed by atoms with E-state index in [0.29, 0.717) is 29.5 Å². The minimum atomic E-state index is -4.24. The van der Waals surface area contributed by atoms with Gasteiger partial charge in [-0.3, -0.25) is 0 Å². The van der Waals surface area contributed by atoms with Gasteiger partial charge in [-0.05, 0) is 24.5 Å². The van der Waals surface area contributed by atoms with E-state index in [2.05, 4.69) is 0 Å². The van der Waals surface area contributed by atoms with Crippen molar-refractivity contribution in [3.8, 4) is 5.75 Å². The van der Waals surface area contributed by atoms with Crippen LogP contribution >= 0.6 is 0 Å². The molecule has 0 saturated carbocycles. The van der Waals surface area contributed by atoms with Crippen LogP contribution in [-0.2, 0) is 0 Å². The van der Waals surface area contributed by atoms with Gasteiger partial charge in [0.05, 0.1) is 11.7 Å². The van der Waals surface area contributed by atoms with E-state index < -0.39 is 12.7 Å². The van der Waals surface area contributed by atoms with Crippen LogP contribution in [0.2, 0.25) is 0 Å². The average molecular weight is 288 g/mol. The maximum absolute atomic E-state index is 12.8. The molecule has 1 aliphatic rings. The summed E-state index contributed by atoms with van der Waals surface area (Å²) in [5.74, 6) is 0.726. The summed E-state index contributed by atoms with van der Waals surface area (Å²) in [6, 6.07) is 4.50. The van der Waals surface area contributed by atoms with Gasteiger partial charge in [0.1, 0.15) is 18.9 Å². The Kier molecular flexibility index (Phi) is 4.01. The van der Waals surface area contributed by atoms with Gasteiger partial charge in [0.2, 0.25) is 0 Å². The molecule has 0 radical (unpaired) electrons. The quantitative estimate of drug-likeness (QED) is 0.866. The molecular formula is C14H19F3N2O. The molecule has 1 heterocycles. The number of halogens is 3. The molecule has 112 valence electrons. The lowest BCUT2D eigenvalue weighted by Gasteiger charge is -2.39. The molecule has 0 aromatic heterocycles. The fraction of sp³-hybridized carbons (Fsp3) is 0.571. The lowest BCUT2D eigenvalue weighted by molar-refractivity contribution is -0.121. The van der Waals surface area contributed by atoms with Crippen molar-refractivity contribution in [1.82, 2.24) is 0 Å². The fourth-order valence-electron chi connectivity index (χ4n) is 2.50. The Labute approximate surface area is 116 Å². The highest BCUT2D eigenvalue weighted by molar-refractivity contribution is 5.65. The summed E-state index contributed by atoms with van der Waals surface area (Å²) in [5.41, 5.74) is 6.60. The van der Waals surface area contributed by atoms with Crippen LogP contribution in [-0.4, -0.2) is 25.4 Å². The van der Waals surface area contributed by atoms with Crippen molar-refractivity contribution in [1.29, 1.82) is 0 Å². The van der Waals surface area contributed by atoms with Crippen LogP contribution in [0.5, 0.6) is 5.75 Å². The molecule has 1 atom stereocenters. The van der Waals surface area contributed by atoms with E-state index in [-0.39, 0.29) is 12.6 Å². The normalized spacial score (nSPS) is 18.9. The maximum atomic E-state index is 12.8. The van der Waals surface area contributed by atoms with Crippen molar-refractivity contribution in [2.24, 2.45) is 5.92 Å². The largest absolute Gasteiger partial charge is 0.489 e. The monoisotopic (exact) mass is 288 g/mol. The second-order valence-electron chi connectivity index (χ2n) is 5.56. The van der Waals surface area contributed by atoms with Gasteiger partial charge in [-0.2, -0.15) is 13.2 Å². The number of nitrogens with two attached hydrogens (primary N) is 1. The summed E-state index contributed by atoms with van der Waals surface area (Å²) in [7, 11) is 0. The Morgan fingerprint density at radius 2 is 2.10 bits per heavy atom.